The molecule has 5 nitrogen and oxygen atoms in total. The zero-order valence-electron chi connectivity index (χ0n) is 8.88. The molecule has 0 atom stereocenters. The summed E-state index contributed by atoms with van der Waals surface area (Å²) in [5.41, 5.74) is 0.618. The summed E-state index contributed by atoms with van der Waals surface area (Å²) in [6, 6.07) is 7.15. The van der Waals surface area contributed by atoms with Gasteiger partial charge in [-0.1, -0.05) is 12.1 Å². The Morgan fingerprint density at radius 1 is 1.33 bits per heavy atom. The van der Waals surface area contributed by atoms with Gasteiger partial charge in [-0.25, -0.2) is 9.78 Å². The average molecular weight is 327 g/mol. The molecule has 92 valence electrons. The molecular formula is C11H7BrN2O3S. The van der Waals surface area contributed by atoms with Crippen molar-refractivity contribution in [2.24, 2.45) is 0 Å². The summed E-state index contributed by atoms with van der Waals surface area (Å²) in [6.07, 6.45) is 1.25. The van der Waals surface area contributed by atoms with Crippen molar-refractivity contribution in [3.63, 3.8) is 0 Å². The van der Waals surface area contributed by atoms with Gasteiger partial charge < -0.3 is 10.4 Å². The molecule has 0 saturated heterocycles. The molecule has 2 aromatic rings. The van der Waals surface area contributed by atoms with Crippen molar-refractivity contribution < 1.29 is 14.7 Å². The van der Waals surface area contributed by atoms with Crippen LogP contribution in [0.3, 0.4) is 0 Å². The fourth-order valence-electron chi connectivity index (χ4n) is 1.22. The third-order valence-corrected chi connectivity index (χ3v) is 3.71. The number of benzene rings is 1. The van der Waals surface area contributed by atoms with Gasteiger partial charge in [-0.15, -0.1) is 11.3 Å². The van der Waals surface area contributed by atoms with Gasteiger partial charge in [-0.3, -0.25) is 4.79 Å². The quantitative estimate of drug-likeness (QED) is 0.908. The lowest BCUT2D eigenvalue weighted by atomic mass is 10.3. The molecular weight excluding hydrogens is 320 g/mol. The summed E-state index contributed by atoms with van der Waals surface area (Å²) in [6.45, 7) is 0. The van der Waals surface area contributed by atoms with Crippen LogP contribution in [-0.2, 0) is 0 Å². The fourth-order valence-corrected chi connectivity index (χ4v) is 2.26. The van der Waals surface area contributed by atoms with Crippen LogP contribution in [0.2, 0.25) is 0 Å². The summed E-state index contributed by atoms with van der Waals surface area (Å²) in [7, 11) is 0. The molecule has 18 heavy (non-hydrogen) atoms. The Morgan fingerprint density at radius 2 is 2.06 bits per heavy atom. The standard InChI is InChI=1S/C11H7BrN2O3S/c12-6-3-1-2-4-7(6)14-9(15)8-5-13-10(18-8)11(16)17/h1-5H,(H,14,15)(H,16,17). The molecule has 0 bridgehead atoms. The number of halogens is 1. The van der Waals surface area contributed by atoms with Crippen LogP contribution < -0.4 is 5.32 Å². The summed E-state index contributed by atoms with van der Waals surface area (Å²) >= 11 is 4.14. The second-order valence-electron chi connectivity index (χ2n) is 3.27. The highest BCUT2D eigenvalue weighted by Crippen LogP contribution is 2.22. The number of aromatic nitrogens is 1. The number of para-hydroxylation sites is 1. The van der Waals surface area contributed by atoms with Gasteiger partial charge in [0, 0.05) is 4.47 Å². The zero-order valence-corrected chi connectivity index (χ0v) is 11.3. The second kappa shape index (κ2) is 5.28. The van der Waals surface area contributed by atoms with Crippen molar-refractivity contribution in [1.29, 1.82) is 0 Å². The Morgan fingerprint density at radius 3 is 2.67 bits per heavy atom. The minimum absolute atomic E-state index is 0.104. The number of hydrogen-bond acceptors (Lipinski definition) is 4. The predicted molar refractivity (Wildman–Crippen MR) is 71.2 cm³/mol. The number of nitrogens with zero attached hydrogens (tertiary/aromatic N) is 1. The number of aromatic carboxylic acids is 1. The first kappa shape index (κ1) is 12.7. The van der Waals surface area contributed by atoms with Crippen molar-refractivity contribution in [3.8, 4) is 0 Å². The third kappa shape index (κ3) is 2.74. The first-order valence-corrected chi connectivity index (χ1v) is 6.44. The Kier molecular flexibility index (Phi) is 3.73. The smallest absolute Gasteiger partial charge is 0.365 e. The predicted octanol–water partition coefficient (Wildman–Crippen LogP) is 2.86. The maximum absolute atomic E-state index is 11.8. The molecule has 2 rings (SSSR count). The largest absolute Gasteiger partial charge is 0.476 e. The fraction of sp³-hybridized carbons (Fsp3) is 0. The van der Waals surface area contributed by atoms with E-state index in [1.807, 2.05) is 6.07 Å². The number of carbonyl (C=O) groups excluding carboxylic acids is 1. The van der Waals surface area contributed by atoms with Crippen molar-refractivity contribution >= 4 is 44.8 Å². The number of nitrogens with one attached hydrogen (secondary N) is 1. The molecule has 0 aliphatic rings. The van der Waals surface area contributed by atoms with Crippen LogP contribution in [0.25, 0.3) is 0 Å². The van der Waals surface area contributed by atoms with E-state index in [9.17, 15) is 9.59 Å². The highest BCUT2D eigenvalue weighted by molar-refractivity contribution is 9.10. The molecule has 0 spiro atoms. The molecule has 0 aliphatic heterocycles. The van der Waals surface area contributed by atoms with E-state index in [0.29, 0.717) is 5.69 Å². The van der Waals surface area contributed by atoms with E-state index in [-0.39, 0.29) is 15.8 Å². The van der Waals surface area contributed by atoms with E-state index in [4.69, 9.17) is 5.11 Å². The van der Waals surface area contributed by atoms with Gasteiger partial charge >= 0.3 is 5.97 Å². The van der Waals surface area contributed by atoms with Gasteiger partial charge in [0.1, 0.15) is 4.88 Å². The van der Waals surface area contributed by atoms with Crippen LogP contribution in [0, 0.1) is 0 Å². The van der Waals surface area contributed by atoms with E-state index in [0.717, 1.165) is 15.8 Å². The summed E-state index contributed by atoms with van der Waals surface area (Å²) in [5.74, 6) is -1.52. The molecule has 0 saturated carbocycles. The zero-order chi connectivity index (χ0) is 13.1. The first-order valence-electron chi connectivity index (χ1n) is 4.83. The third-order valence-electron chi connectivity index (χ3n) is 2.03. The average Bonchev–Trinajstić information content (AvgIpc) is 2.81. The number of rotatable bonds is 3. The van der Waals surface area contributed by atoms with E-state index in [1.54, 1.807) is 18.2 Å². The molecule has 1 aromatic heterocycles. The Bertz CT molecular complexity index is 612. The van der Waals surface area contributed by atoms with E-state index >= 15 is 0 Å². The normalized spacial score (nSPS) is 10.1. The van der Waals surface area contributed by atoms with Crippen molar-refractivity contribution in [2.45, 2.75) is 0 Å². The maximum atomic E-state index is 11.8. The second-order valence-corrected chi connectivity index (χ2v) is 5.15. The van der Waals surface area contributed by atoms with Crippen LogP contribution in [0.15, 0.2) is 34.9 Å². The number of anilines is 1. The van der Waals surface area contributed by atoms with Gasteiger partial charge in [0.2, 0.25) is 5.01 Å². The number of amides is 1. The molecule has 2 N–H and O–H groups in total. The van der Waals surface area contributed by atoms with E-state index in [2.05, 4.69) is 26.2 Å². The number of thiazole rings is 1. The van der Waals surface area contributed by atoms with Gasteiger partial charge in [-0.2, -0.15) is 0 Å². The number of carboxylic acid groups (broad SMARTS) is 1. The van der Waals surface area contributed by atoms with Crippen LogP contribution in [0.5, 0.6) is 0 Å². The Hall–Kier alpha value is -1.73. The minimum atomic E-state index is -1.14. The van der Waals surface area contributed by atoms with Gasteiger partial charge in [0.05, 0.1) is 11.9 Å². The van der Waals surface area contributed by atoms with Gasteiger partial charge in [0.15, 0.2) is 0 Å². The van der Waals surface area contributed by atoms with Crippen LogP contribution in [-0.4, -0.2) is 22.0 Å². The van der Waals surface area contributed by atoms with E-state index < -0.39 is 5.97 Å². The van der Waals surface area contributed by atoms with Crippen LogP contribution in [0.1, 0.15) is 19.5 Å². The summed E-state index contributed by atoms with van der Waals surface area (Å²) in [5, 5.41) is 11.3. The maximum Gasteiger partial charge on any atom is 0.365 e. The van der Waals surface area contributed by atoms with Crippen molar-refractivity contribution in [2.75, 3.05) is 5.32 Å². The molecule has 0 unspecified atom stereocenters. The Balaban J connectivity index is 2.17. The monoisotopic (exact) mass is 326 g/mol. The minimum Gasteiger partial charge on any atom is -0.476 e. The Labute approximate surface area is 115 Å². The molecule has 1 aromatic carbocycles. The van der Waals surface area contributed by atoms with Gasteiger partial charge in [-0.05, 0) is 28.1 Å². The molecule has 0 radical (unpaired) electrons. The first-order chi connectivity index (χ1) is 8.58. The highest BCUT2D eigenvalue weighted by Gasteiger charge is 2.15. The lowest BCUT2D eigenvalue weighted by Gasteiger charge is -2.04. The topological polar surface area (TPSA) is 79.3 Å². The lowest BCUT2D eigenvalue weighted by molar-refractivity contribution is 0.0696. The van der Waals surface area contributed by atoms with Crippen molar-refractivity contribution in [1.82, 2.24) is 4.98 Å². The van der Waals surface area contributed by atoms with Crippen LogP contribution >= 0.6 is 27.3 Å². The molecule has 0 fully saturated rings. The van der Waals surface area contributed by atoms with E-state index in [1.165, 1.54) is 6.20 Å². The molecule has 1 amide bonds. The molecule has 1 heterocycles. The number of carbonyl (C=O) groups is 2. The van der Waals surface area contributed by atoms with Crippen molar-refractivity contribution in [3.05, 3.63) is 44.8 Å². The summed E-state index contributed by atoms with van der Waals surface area (Å²) < 4.78 is 0.751. The van der Waals surface area contributed by atoms with Gasteiger partial charge in [0.25, 0.3) is 5.91 Å². The molecule has 7 heteroatoms. The van der Waals surface area contributed by atoms with Crippen LogP contribution in [0.4, 0.5) is 5.69 Å². The SMILES string of the molecule is O=C(Nc1ccccc1Br)c1cnc(C(=O)O)s1. The number of carboxylic acids is 1. The summed E-state index contributed by atoms with van der Waals surface area (Å²) in [4.78, 5) is 26.4. The lowest BCUT2D eigenvalue weighted by Crippen LogP contribution is -2.10. The molecule has 0 aliphatic carbocycles. The highest BCUT2D eigenvalue weighted by atomic mass is 79.9. The number of hydrogen-bond donors (Lipinski definition) is 2.